The minimum absolute atomic E-state index is 0. The molecule has 2 N–H and O–H groups in total. The quantitative estimate of drug-likeness (QED) is 0.722. The van der Waals surface area contributed by atoms with Crippen LogP contribution in [0.1, 0.15) is 50.8 Å². The molecule has 0 fully saturated rings. The number of carbonyl (C=O) groups excluding carboxylic acids is 2. The zero-order chi connectivity index (χ0) is 13.6. The van der Waals surface area contributed by atoms with Crippen LogP contribution in [0.4, 0.5) is 0 Å². The van der Waals surface area contributed by atoms with Crippen LogP contribution in [0.3, 0.4) is 0 Å². The first kappa shape index (κ1) is 16.1. The second-order valence-corrected chi connectivity index (χ2v) is 5.41. The Morgan fingerprint density at radius 3 is 2.18 bits per heavy atom. The van der Waals surface area contributed by atoms with Crippen molar-refractivity contribution in [2.45, 2.75) is 59.5 Å². The van der Waals surface area contributed by atoms with E-state index in [1.54, 1.807) is 13.8 Å². The fourth-order valence-corrected chi connectivity index (χ4v) is 1.48. The third-order valence-electron chi connectivity index (χ3n) is 2.79. The van der Waals surface area contributed by atoms with E-state index in [1.807, 2.05) is 6.92 Å². The molecule has 4 nitrogen and oxygen atoms in total. The maximum atomic E-state index is 12.1. The van der Waals surface area contributed by atoms with Crippen LogP contribution in [-0.2, 0) is 9.59 Å². The van der Waals surface area contributed by atoms with Gasteiger partial charge in [0.1, 0.15) is 0 Å². The molecular formula is C13H30N2O2. The Bertz CT molecular complexity index is 282. The van der Waals surface area contributed by atoms with E-state index in [1.165, 1.54) is 6.92 Å². The first-order chi connectivity index (χ1) is 7.70. The highest BCUT2D eigenvalue weighted by molar-refractivity contribution is 5.92. The summed E-state index contributed by atoms with van der Waals surface area (Å²) in [6.45, 7) is 11.8. The maximum absolute atomic E-state index is 12.1. The molecule has 1 amide bonds. The highest BCUT2D eigenvalue weighted by atomic mass is 16.2. The normalized spacial score (nSPS) is 13.6. The van der Waals surface area contributed by atoms with Crippen LogP contribution in [0.25, 0.3) is 0 Å². The lowest BCUT2D eigenvalue weighted by atomic mass is 9.97. The molecule has 0 aromatic carbocycles. The first-order valence-corrected chi connectivity index (χ1v) is 6.27. The topological polar surface area (TPSA) is 58.2 Å². The number of hydrogen-bond acceptors (Lipinski definition) is 3. The molecule has 0 aliphatic carbocycles. The van der Waals surface area contributed by atoms with Crippen molar-refractivity contribution in [2.24, 2.45) is 5.92 Å². The summed E-state index contributed by atoms with van der Waals surface area (Å²) in [5.41, 5.74) is -0.790. The molecule has 0 aliphatic rings. The zero-order valence-electron chi connectivity index (χ0n) is 11.9. The smallest absolute Gasteiger partial charge is 0.237 e. The number of Topliss-reactive ketones (excluding diaryl/α,β-unsaturated/α-hetero) is 1. The van der Waals surface area contributed by atoms with Crippen LogP contribution in [0.15, 0.2) is 0 Å². The number of hydrogen-bond donors (Lipinski definition) is 2. The van der Waals surface area contributed by atoms with E-state index in [0.29, 0.717) is 5.92 Å². The number of likely N-dealkylation sites (N-methyl/N-ethyl adjacent to an activating group) is 1. The Labute approximate surface area is 108 Å². The van der Waals surface area contributed by atoms with Crippen molar-refractivity contribution in [3.8, 4) is 0 Å². The summed E-state index contributed by atoms with van der Waals surface area (Å²) in [4.78, 5) is 23.4. The van der Waals surface area contributed by atoms with Crippen LogP contribution >= 0.6 is 0 Å². The van der Waals surface area contributed by atoms with Gasteiger partial charge in [0.05, 0.1) is 11.6 Å². The molecule has 0 spiro atoms. The van der Waals surface area contributed by atoms with Crippen molar-refractivity contribution in [3.63, 3.8) is 0 Å². The van der Waals surface area contributed by atoms with Gasteiger partial charge in [-0.3, -0.25) is 9.59 Å². The summed E-state index contributed by atoms with van der Waals surface area (Å²) < 4.78 is 0. The molecule has 0 aromatic heterocycles. The summed E-state index contributed by atoms with van der Waals surface area (Å²) in [6, 6.07) is -0.223. The van der Waals surface area contributed by atoms with Crippen molar-refractivity contribution >= 4 is 11.7 Å². The van der Waals surface area contributed by atoms with Crippen molar-refractivity contribution in [1.82, 2.24) is 10.6 Å². The Morgan fingerprint density at radius 2 is 1.82 bits per heavy atom. The Kier molecular flexibility index (Phi) is 6.39. The predicted molar refractivity (Wildman–Crippen MR) is 74.1 cm³/mol. The zero-order valence-corrected chi connectivity index (χ0v) is 11.9. The summed E-state index contributed by atoms with van der Waals surface area (Å²) >= 11 is 0. The monoisotopic (exact) mass is 246 g/mol. The largest absolute Gasteiger partial charge is 0.343 e. The van der Waals surface area contributed by atoms with Gasteiger partial charge in [0.15, 0.2) is 5.78 Å². The molecule has 0 aliphatic heterocycles. The van der Waals surface area contributed by atoms with Crippen LogP contribution < -0.4 is 10.6 Å². The average Bonchev–Trinajstić information content (AvgIpc) is 2.15. The molecular weight excluding hydrogens is 216 g/mol. The summed E-state index contributed by atoms with van der Waals surface area (Å²) in [5, 5.41) is 5.95. The molecule has 17 heavy (non-hydrogen) atoms. The van der Waals surface area contributed by atoms with Gasteiger partial charge in [-0.1, -0.05) is 20.8 Å². The first-order valence-electron chi connectivity index (χ1n) is 6.27. The Hall–Kier alpha value is -0.900. The van der Waals surface area contributed by atoms with E-state index in [4.69, 9.17) is 0 Å². The van der Waals surface area contributed by atoms with Crippen molar-refractivity contribution < 1.29 is 12.4 Å². The molecule has 1 atom stereocenters. The number of nitrogens with one attached hydrogen (secondary N) is 2. The van der Waals surface area contributed by atoms with Crippen LogP contribution in [0.2, 0.25) is 0 Å². The van der Waals surface area contributed by atoms with Crippen LogP contribution in [-0.4, -0.2) is 29.8 Å². The van der Waals surface area contributed by atoms with Gasteiger partial charge in [-0.25, -0.2) is 0 Å². The third kappa shape index (κ3) is 5.82. The second-order valence-electron chi connectivity index (χ2n) is 5.41. The van der Waals surface area contributed by atoms with Gasteiger partial charge < -0.3 is 10.6 Å². The van der Waals surface area contributed by atoms with Gasteiger partial charge in [-0.2, -0.15) is 0 Å². The van der Waals surface area contributed by atoms with Crippen molar-refractivity contribution in [2.75, 3.05) is 6.54 Å². The number of rotatable bonds is 7. The van der Waals surface area contributed by atoms with Gasteiger partial charge in [0.2, 0.25) is 5.91 Å². The predicted octanol–water partition coefficient (Wildman–Crippen LogP) is 1.99. The fraction of sp³-hybridized carbons (Fsp3) is 0.846. The van der Waals surface area contributed by atoms with Gasteiger partial charge in [-0.05, 0) is 39.7 Å². The highest BCUT2D eigenvalue weighted by Crippen LogP contribution is 2.08. The summed E-state index contributed by atoms with van der Waals surface area (Å²) in [5.74, 6) is 0.302. The molecule has 0 rings (SSSR count). The third-order valence-corrected chi connectivity index (χ3v) is 2.79. The lowest BCUT2D eigenvalue weighted by Crippen LogP contribution is -2.55. The molecule has 0 saturated carbocycles. The fourth-order valence-electron chi connectivity index (χ4n) is 1.48. The lowest BCUT2D eigenvalue weighted by molar-refractivity contribution is -0.131. The van der Waals surface area contributed by atoms with E-state index >= 15 is 0 Å². The standard InChI is InChI=1S/C13H26N2O2.2H2/c1-7-14-11(8-9(2)3)12(17)15-13(5,6)10(4)16;;/h9,11,14H,7-8H2,1-6H3,(H,15,17);2*1H/t11-;;/m0../s1. The summed E-state index contributed by atoms with van der Waals surface area (Å²) in [6.07, 6.45) is 0.771. The minimum atomic E-state index is -0.790. The van der Waals surface area contributed by atoms with Gasteiger partial charge in [0.25, 0.3) is 0 Å². The molecule has 0 bridgehead atoms. The van der Waals surface area contributed by atoms with Crippen LogP contribution in [0.5, 0.6) is 0 Å². The Morgan fingerprint density at radius 1 is 1.29 bits per heavy atom. The molecule has 0 radical (unpaired) electrons. The molecule has 0 heterocycles. The highest BCUT2D eigenvalue weighted by Gasteiger charge is 2.29. The Balaban J connectivity index is -0.00000128. The number of amides is 1. The number of ketones is 1. The van der Waals surface area contributed by atoms with Gasteiger partial charge in [-0.15, -0.1) is 0 Å². The molecule has 0 saturated heterocycles. The molecule has 4 heteroatoms. The summed E-state index contributed by atoms with van der Waals surface area (Å²) in [7, 11) is 0. The lowest BCUT2D eigenvalue weighted by Gasteiger charge is -2.27. The van der Waals surface area contributed by atoms with Gasteiger partial charge >= 0.3 is 0 Å². The van der Waals surface area contributed by atoms with E-state index in [0.717, 1.165) is 13.0 Å². The number of carbonyl (C=O) groups is 2. The molecule has 0 aromatic rings. The van der Waals surface area contributed by atoms with E-state index in [-0.39, 0.29) is 20.6 Å². The van der Waals surface area contributed by atoms with Crippen LogP contribution in [0, 0.1) is 5.92 Å². The molecule has 0 unspecified atom stereocenters. The van der Waals surface area contributed by atoms with E-state index < -0.39 is 5.54 Å². The van der Waals surface area contributed by atoms with Crippen molar-refractivity contribution in [1.29, 1.82) is 0 Å². The average molecular weight is 246 g/mol. The minimum Gasteiger partial charge on any atom is -0.343 e. The SMILES string of the molecule is CCN[C@@H](CC(C)C)C(=O)NC(C)(C)C(C)=O.[HH].[HH]. The van der Waals surface area contributed by atoms with E-state index in [9.17, 15) is 9.59 Å². The maximum Gasteiger partial charge on any atom is 0.237 e. The van der Waals surface area contributed by atoms with Gasteiger partial charge in [0, 0.05) is 2.85 Å². The second kappa shape index (κ2) is 6.74. The molecule has 104 valence electrons. The van der Waals surface area contributed by atoms with E-state index in [2.05, 4.69) is 24.5 Å². The van der Waals surface area contributed by atoms with Crippen molar-refractivity contribution in [3.05, 3.63) is 0 Å².